The van der Waals surface area contributed by atoms with Gasteiger partial charge in [0.1, 0.15) is 5.75 Å². The van der Waals surface area contributed by atoms with Crippen LogP contribution in [0.15, 0.2) is 30.3 Å². The van der Waals surface area contributed by atoms with Crippen LogP contribution < -0.4 is 4.74 Å². The van der Waals surface area contributed by atoms with E-state index in [9.17, 15) is 0 Å². The van der Waals surface area contributed by atoms with Gasteiger partial charge in [0.25, 0.3) is 0 Å². The van der Waals surface area contributed by atoms with Crippen LogP contribution in [0, 0.1) is 0 Å². The molecule has 0 aliphatic carbocycles. The van der Waals surface area contributed by atoms with Crippen molar-refractivity contribution in [2.24, 2.45) is 0 Å². The molecule has 0 N–H and O–H groups in total. The highest BCUT2D eigenvalue weighted by Crippen LogP contribution is 2.41. The fourth-order valence-electron chi connectivity index (χ4n) is 2.65. The zero-order valence-corrected chi connectivity index (χ0v) is 15.2. The van der Waals surface area contributed by atoms with Crippen LogP contribution in [-0.4, -0.2) is 7.11 Å². The van der Waals surface area contributed by atoms with Gasteiger partial charge in [-0.15, -0.1) is 0 Å². The van der Waals surface area contributed by atoms with Crippen LogP contribution in [-0.2, 0) is 0 Å². The highest BCUT2D eigenvalue weighted by atomic mass is 35.5. The lowest BCUT2D eigenvalue weighted by atomic mass is 9.89. The predicted molar refractivity (Wildman–Crippen MR) is 96.6 cm³/mol. The van der Waals surface area contributed by atoms with Gasteiger partial charge in [0, 0.05) is 5.56 Å². The molecule has 0 spiro atoms. The highest BCUT2D eigenvalue weighted by molar-refractivity contribution is 6.43. The number of benzene rings is 2. The summed E-state index contributed by atoms with van der Waals surface area (Å²) in [6, 6.07) is 10.1. The number of rotatable bonds is 4. The molecule has 0 bridgehead atoms. The van der Waals surface area contributed by atoms with Crippen molar-refractivity contribution >= 4 is 23.2 Å². The maximum atomic E-state index is 6.40. The van der Waals surface area contributed by atoms with E-state index in [0.29, 0.717) is 21.9 Å². The van der Waals surface area contributed by atoms with Crippen molar-refractivity contribution < 1.29 is 4.74 Å². The minimum absolute atomic E-state index is 0.366. The Balaban J connectivity index is 2.75. The monoisotopic (exact) mass is 336 g/mol. The minimum atomic E-state index is 0.366. The number of ether oxygens (including phenoxy) is 1. The van der Waals surface area contributed by atoms with Crippen molar-refractivity contribution in [2.45, 2.75) is 39.5 Å². The summed E-state index contributed by atoms with van der Waals surface area (Å²) in [6.07, 6.45) is 0. The van der Waals surface area contributed by atoms with Crippen molar-refractivity contribution in [1.29, 1.82) is 0 Å². The molecule has 2 aromatic carbocycles. The topological polar surface area (TPSA) is 9.23 Å². The Morgan fingerprint density at radius 2 is 1.45 bits per heavy atom. The Hall–Kier alpha value is -1.18. The first-order valence-electron chi connectivity index (χ1n) is 7.53. The van der Waals surface area contributed by atoms with Crippen LogP contribution in [0.2, 0.25) is 10.0 Å². The second-order valence-electron chi connectivity index (χ2n) is 6.10. The molecule has 0 unspecified atom stereocenters. The molecular weight excluding hydrogens is 315 g/mol. The van der Waals surface area contributed by atoms with Crippen molar-refractivity contribution in [3.8, 4) is 16.9 Å². The fraction of sp³-hybridized carbons (Fsp3) is 0.368. The lowest BCUT2D eigenvalue weighted by molar-refractivity contribution is 0.400. The third kappa shape index (κ3) is 3.26. The van der Waals surface area contributed by atoms with Gasteiger partial charge >= 0.3 is 0 Å². The molecule has 0 aromatic heterocycles. The van der Waals surface area contributed by atoms with E-state index < -0.39 is 0 Å². The molecule has 0 aliphatic heterocycles. The first-order valence-corrected chi connectivity index (χ1v) is 8.28. The summed E-state index contributed by atoms with van der Waals surface area (Å²) in [4.78, 5) is 0. The third-order valence-corrected chi connectivity index (χ3v) is 4.68. The van der Waals surface area contributed by atoms with Crippen molar-refractivity contribution in [1.82, 2.24) is 0 Å². The molecule has 2 aromatic rings. The highest BCUT2D eigenvalue weighted by Gasteiger charge is 2.18. The summed E-state index contributed by atoms with van der Waals surface area (Å²) in [5.41, 5.74) is 4.43. The van der Waals surface area contributed by atoms with Crippen molar-refractivity contribution in [2.75, 3.05) is 7.11 Å². The molecule has 118 valence electrons. The van der Waals surface area contributed by atoms with E-state index in [1.807, 2.05) is 18.2 Å². The van der Waals surface area contributed by atoms with Gasteiger partial charge in [0.2, 0.25) is 0 Å². The van der Waals surface area contributed by atoms with Crippen LogP contribution >= 0.6 is 23.2 Å². The molecular formula is C19H22Cl2O. The first kappa shape index (κ1) is 17.2. The molecule has 0 saturated carbocycles. The molecule has 0 atom stereocenters. The van der Waals surface area contributed by atoms with Crippen LogP contribution in [0.25, 0.3) is 11.1 Å². The SMILES string of the molecule is COc1c(C(C)C)cc(-c2cccc(Cl)c2Cl)cc1C(C)C. The zero-order valence-electron chi connectivity index (χ0n) is 13.7. The van der Waals surface area contributed by atoms with Crippen LogP contribution in [0.1, 0.15) is 50.7 Å². The van der Waals surface area contributed by atoms with Gasteiger partial charge in [-0.2, -0.15) is 0 Å². The van der Waals surface area contributed by atoms with Gasteiger partial charge in [-0.1, -0.05) is 63.0 Å². The average Bonchev–Trinajstić information content (AvgIpc) is 2.48. The quantitative estimate of drug-likeness (QED) is 0.588. The molecule has 2 rings (SSSR count). The molecule has 0 saturated heterocycles. The normalized spacial score (nSPS) is 11.3. The fourth-order valence-corrected chi connectivity index (χ4v) is 3.06. The molecule has 3 heteroatoms. The minimum Gasteiger partial charge on any atom is -0.496 e. The van der Waals surface area contributed by atoms with E-state index in [4.69, 9.17) is 27.9 Å². The number of hydrogen-bond donors (Lipinski definition) is 0. The molecule has 0 fully saturated rings. The van der Waals surface area contributed by atoms with Crippen LogP contribution in [0.5, 0.6) is 5.75 Å². The summed E-state index contributed by atoms with van der Waals surface area (Å²) in [7, 11) is 1.74. The van der Waals surface area contributed by atoms with Crippen LogP contribution in [0.4, 0.5) is 0 Å². The molecule has 0 amide bonds. The van der Waals surface area contributed by atoms with Gasteiger partial charge in [-0.25, -0.2) is 0 Å². The predicted octanol–water partition coefficient (Wildman–Crippen LogP) is 6.92. The van der Waals surface area contributed by atoms with Gasteiger partial charge in [-0.05, 0) is 46.7 Å². The van der Waals surface area contributed by atoms with Gasteiger partial charge in [0.15, 0.2) is 0 Å². The van der Waals surface area contributed by atoms with Crippen molar-refractivity contribution in [3.63, 3.8) is 0 Å². The zero-order chi connectivity index (χ0) is 16.4. The molecule has 0 aliphatic rings. The summed E-state index contributed by atoms with van der Waals surface area (Å²) >= 11 is 12.6. The standard InChI is InChI=1S/C19H22Cl2O/c1-11(2)15-9-13(10-16(12(3)4)19(15)22-5)14-7-6-8-17(20)18(14)21/h6-12H,1-5H3. The van der Waals surface area contributed by atoms with E-state index in [0.717, 1.165) is 16.9 Å². The van der Waals surface area contributed by atoms with E-state index >= 15 is 0 Å². The van der Waals surface area contributed by atoms with Gasteiger partial charge in [-0.3, -0.25) is 0 Å². The van der Waals surface area contributed by atoms with Gasteiger partial charge in [0.05, 0.1) is 17.2 Å². The third-order valence-electron chi connectivity index (χ3n) is 3.86. The largest absolute Gasteiger partial charge is 0.496 e. The van der Waals surface area contributed by atoms with E-state index in [2.05, 4.69) is 39.8 Å². The first-order chi connectivity index (χ1) is 10.4. The van der Waals surface area contributed by atoms with E-state index in [-0.39, 0.29) is 0 Å². The number of methoxy groups -OCH3 is 1. The second-order valence-corrected chi connectivity index (χ2v) is 6.88. The molecule has 1 nitrogen and oxygen atoms in total. The summed E-state index contributed by atoms with van der Waals surface area (Å²) in [6.45, 7) is 8.69. The Labute approximate surface area is 143 Å². The summed E-state index contributed by atoms with van der Waals surface area (Å²) in [5, 5.41) is 1.17. The number of hydrogen-bond acceptors (Lipinski definition) is 1. The van der Waals surface area contributed by atoms with E-state index in [1.165, 1.54) is 11.1 Å². The maximum absolute atomic E-state index is 6.40. The maximum Gasteiger partial charge on any atom is 0.125 e. The summed E-state index contributed by atoms with van der Waals surface area (Å²) < 4.78 is 5.68. The Morgan fingerprint density at radius 3 is 1.91 bits per heavy atom. The summed E-state index contributed by atoms with van der Waals surface area (Å²) in [5.74, 6) is 1.71. The van der Waals surface area contributed by atoms with Crippen molar-refractivity contribution in [3.05, 3.63) is 51.5 Å². The molecule has 0 radical (unpaired) electrons. The Kier molecular flexibility index (Phi) is 5.41. The second kappa shape index (κ2) is 6.93. The van der Waals surface area contributed by atoms with Gasteiger partial charge < -0.3 is 4.74 Å². The average molecular weight is 337 g/mol. The smallest absolute Gasteiger partial charge is 0.125 e. The lowest BCUT2D eigenvalue weighted by Gasteiger charge is -2.21. The molecule has 22 heavy (non-hydrogen) atoms. The Bertz CT molecular complexity index is 646. The Morgan fingerprint density at radius 1 is 0.909 bits per heavy atom. The molecule has 0 heterocycles. The van der Waals surface area contributed by atoms with Crippen LogP contribution in [0.3, 0.4) is 0 Å². The number of halogens is 2. The lowest BCUT2D eigenvalue weighted by Crippen LogP contribution is -2.02. The van der Waals surface area contributed by atoms with E-state index in [1.54, 1.807) is 7.11 Å².